The lowest BCUT2D eigenvalue weighted by Gasteiger charge is -2.09. The second kappa shape index (κ2) is 6.42. The first-order valence-corrected chi connectivity index (χ1v) is 9.00. The zero-order valence-corrected chi connectivity index (χ0v) is 15.3. The molecule has 6 heteroatoms. The van der Waals surface area contributed by atoms with E-state index in [4.69, 9.17) is 0 Å². The van der Waals surface area contributed by atoms with Crippen LogP contribution < -0.4 is 5.56 Å². The van der Waals surface area contributed by atoms with Crippen molar-refractivity contribution in [3.63, 3.8) is 0 Å². The highest BCUT2D eigenvalue weighted by Crippen LogP contribution is 2.24. The van der Waals surface area contributed by atoms with Crippen molar-refractivity contribution in [2.45, 2.75) is 6.54 Å². The van der Waals surface area contributed by atoms with Crippen molar-refractivity contribution in [3.8, 4) is 11.1 Å². The zero-order valence-electron chi connectivity index (χ0n) is 15.3. The average molecular weight is 367 g/mol. The van der Waals surface area contributed by atoms with Crippen molar-refractivity contribution in [1.82, 2.24) is 24.3 Å². The number of hydrogen-bond donors (Lipinski definition) is 0. The van der Waals surface area contributed by atoms with Gasteiger partial charge in [-0.25, -0.2) is 9.97 Å². The van der Waals surface area contributed by atoms with Crippen LogP contribution in [0.3, 0.4) is 0 Å². The van der Waals surface area contributed by atoms with Crippen LogP contribution in [0.25, 0.3) is 33.1 Å². The first-order valence-electron chi connectivity index (χ1n) is 9.00. The van der Waals surface area contributed by atoms with Crippen LogP contribution in [0, 0.1) is 0 Å². The van der Waals surface area contributed by atoms with Gasteiger partial charge in [0.15, 0.2) is 5.65 Å². The fourth-order valence-electron chi connectivity index (χ4n) is 3.49. The van der Waals surface area contributed by atoms with E-state index in [1.165, 1.54) is 0 Å². The van der Waals surface area contributed by atoms with E-state index >= 15 is 0 Å². The highest BCUT2D eigenvalue weighted by molar-refractivity contribution is 5.84. The average Bonchev–Trinajstić information content (AvgIpc) is 3.10. The van der Waals surface area contributed by atoms with Crippen LogP contribution in [0.5, 0.6) is 0 Å². The van der Waals surface area contributed by atoms with Gasteiger partial charge in [0, 0.05) is 24.8 Å². The summed E-state index contributed by atoms with van der Waals surface area (Å²) < 4.78 is 3.44. The smallest absolute Gasteiger partial charge is 0.263 e. The van der Waals surface area contributed by atoms with Crippen LogP contribution in [0.2, 0.25) is 0 Å². The molecule has 136 valence electrons. The SMILES string of the molecule is Cn1cc2cc(-c3cccc(Cn4cnc5ncccc5c4=O)c3)ccc2n1. The lowest BCUT2D eigenvalue weighted by Crippen LogP contribution is -2.21. The molecule has 0 fully saturated rings. The molecule has 5 rings (SSSR count). The Balaban J connectivity index is 1.52. The Bertz CT molecular complexity index is 1380. The van der Waals surface area contributed by atoms with Gasteiger partial charge in [0.1, 0.15) is 6.33 Å². The minimum atomic E-state index is -0.0831. The number of rotatable bonds is 3. The van der Waals surface area contributed by atoms with Crippen molar-refractivity contribution in [3.05, 3.63) is 89.2 Å². The number of fused-ring (bicyclic) bond motifs is 2. The standard InChI is InChI=1S/C22H17N5O/c1-26-13-18-11-17(7-8-20(18)25-26)16-5-2-4-15(10-16)12-27-14-24-21-19(22(27)28)6-3-9-23-21/h2-11,13-14H,12H2,1H3. The van der Waals surface area contributed by atoms with E-state index in [0.717, 1.165) is 27.6 Å². The molecule has 0 spiro atoms. The van der Waals surface area contributed by atoms with E-state index in [-0.39, 0.29) is 5.56 Å². The topological polar surface area (TPSA) is 65.6 Å². The van der Waals surface area contributed by atoms with Gasteiger partial charge in [0.05, 0.1) is 17.4 Å². The van der Waals surface area contributed by atoms with Gasteiger partial charge in [-0.05, 0) is 47.0 Å². The molecule has 0 aliphatic carbocycles. The molecule has 0 bridgehead atoms. The third kappa shape index (κ3) is 2.85. The molecule has 2 aromatic carbocycles. The van der Waals surface area contributed by atoms with Crippen molar-refractivity contribution >= 4 is 21.9 Å². The molecule has 3 heterocycles. The summed E-state index contributed by atoms with van der Waals surface area (Å²) in [4.78, 5) is 21.1. The largest absolute Gasteiger partial charge is 0.294 e. The third-order valence-corrected chi connectivity index (χ3v) is 4.83. The second-order valence-corrected chi connectivity index (χ2v) is 6.83. The summed E-state index contributed by atoms with van der Waals surface area (Å²) in [6, 6.07) is 18.0. The van der Waals surface area contributed by atoms with Crippen LogP contribution >= 0.6 is 0 Å². The van der Waals surface area contributed by atoms with Gasteiger partial charge in [-0.2, -0.15) is 5.10 Å². The molecule has 6 nitrogen and oxygen atoms in total. The summed E-state index contributed by atoms with van der Waals surface area (Å²) in [5.74, 6) is 0. The molecule has 5 aromatic rings. The van der Waals surface area contributed by atoms with Gasteiger partial charge in [-0.15, -0.1) is 0 Å². The monoisotopic (exact) mass is 367 g/mol. The Labute approximate surface area is 160 Å². The quantitative estimate of drug-likeness (QED) is 0.490. The molecule has 0 N–H and O–H groups in total. The van der Waals surface area contributed by atoms with Crippen LogP contribution in [-0.4, -0.2) is 24.3 Å². The van der Waals surface area contributed by atoms with Crippen LogP contribution in [0.4, 0.5) is 0 Å². The van der Waals surface area contributed by atoms with Crippen LogP contribution in [0.1, 0.15) is 5.56 Å². The van der Waals surface area contributed by atoms with E-state index < -0.39 is 0 Å². The van der Waals surface area contributed by atoms with Gasteiger partial charge in [-0.3, -0.25) is 14.0 Å². The predicted octanol–water partition coefficient (Wildman–Crippen LogP) is 3.39. The molecular weight excluding hydrogens is 350 g/mol. The Morgan fingerprint density at radius 3 is 2.79 bits per heavy atom. The number of aromatic nitrogens is 5. The molecule has 0 aliphatic rings. The number of pyridine rings is 1. The second-order valence-electron chi connectivity index (χ2n) is 6.83. The Kier molecular flexibility index (Phi) is 3.76. The molecule has 0 aliphatic heterocycles. The van der Waals surface area contributed by atoms with Gasteiger partial charge >= 0.3 is 0 Å². The van der Waals surface area contributed by atoms with E-state index in [2.05, 4.69) is 39.3 Å². The Hall–Kier alpha value is -3.80. The lowest BCUT2D eigenvalue weighted by molar-refractivity contribution is 0.747. The summed E-state index contributed by atoms with van der Waals surface area (Å²) >= 11 is 0. The Morgan fingerprint density at radius 1 is 0.964 bits per heavy atom. The van der Waals surface area contributed by atoms with E-state index in [1.807, 2.05) is 36.1 Å². The van der Waals surface area contributed by atoms with Crippen LogP contribution in [-0.2, 0) is 13.6 Å². The van der Waals surface area contributed by atoms with Gasteiger partial charge in [0.25, 0.3) is 5.56 Å². The summed E-state index contributed by atoms with van der Waals surface area (Å²) in [5.41, 5.74) is 4.63. The number of benzene rings is 2. The molecule has 0 unspecified atom stereocenters. The molecule has 3 aromatic heterocycles. The summed E-state index contributed by atoms with van der Waals surface area (Å²) in [7, 11) is 1.92. The predicted molar refractivity (Wildman–Crippen MR) is 109 cm³/mol. The van der Waals surface area contributed by atoms with Crippen molar-refractivity contribution in [2.24, 2.45) is 7.05 Å². The summed E-state index contributed by atoms with van der Waals surface area (Å²) in [6.45, 7) is 0.458. The number of aryl methyl sites for hydroxylation is 1. The summed E-state index contributed by atoms with van der Waals surface area (Å²) in [5, 5.41) is 6.06. The minimum Gasteiger partial charge on any atom is -0.294 e. The van der Waals surface area contributed by atoms with E-state index in [1.54, 1.807) is 29.2 Å². The molecular formula is C22H17N5O. The fourth-order valence-corrected chi connectivity index (χ4v) is 3.49. The van der Waals surface area contributed by atoms with Crippen molar-refractivity contribution < 1.29 is 0 Å². The van der Waals surface area contributed by atoms with Crippen molar-refractivity contribution in [1.29, 1.82) is 0 Å². The third-order valence-electron chi connectivity index (χ3n) is 4.83. The highest BCUT2D eigenvalue weighted by Gasteiger charge is 2.07. The summed E-state index contributed by atoms with van der Waals surface area (Å²) in [6.07, 6.45) is 5.21. The van der Waals surface area contributed by atoms with Gasteiger partial charge in [-0.1, -0.05) is 24.3 Å². The van der Waals surface area contributed by atoms with Gasteiger partial charge < -0.3 is 0 Å². The maximum atomic E-state index is 12.7. The first kappa shape index (κ1) is 16.4. The molecule has 0 saturated carbocycles. The van der Waals surface area contributed by atoms with Crippen LogP contribution in [0.15, 0.2) is 78.1 Å². The highest BCUT2D eigenvalue weighted by atomic mass is 16.1. The Morgan fingerprint density at radius 2 is 1.86 bits per heavy atom. The van der Waals surface area contributed by atoms with E-state index in [0.29, 0.717) is 17.6 Å². The minimum absolute atomic E-state index is 0.0831. The van der Waals surface area contributed by atoms with Crippen molar-refractivity contribution in [2.75, 3.05) is 0 Å². The molecule has 0 amide bonds. The number of hydrogen-bond acceptors (Lipinski definition) is 4. The maximum Gasteiger partial charge on any atom is 0.263 e. The fraction of sp³-hybridized carbons (Fsp3) is 0.0909. The maximum absolute atomic E-state index is 12.7. The molecule has 28 heavy (non-hydrogen) atoms. The lowest BCUT2D eigenvalue weighted by atomic mass is 10.0. The first-order chi connectivity index (χ1) is 13.7. The normalized spacial score (nSPS) is 11.3. The molecule has 0 saturated heterocycles. The zero-order chi connectivity index (χ0) is 19.1. The van der Waals surface area contributed by atoms with E-state index in [9.17, 15) is 4.79 Å². The van der Waals surface area contributed by atoms with Gasteiger partial charge in [0.2, 0.25) is 0 Å². The number of nitrogens with zero attached hydrogens (tertiary/aromatic N) is 5. The molecule has 0 atom stereocenters. The molecule has 0 radical (unpaired) electrons.